The third-order valence-corrected chi connectivity index (χ3v) is 4.07. The van der Waals surface area contributed by atoms with Crippen LogP contribution in [0.1, 0.15) is 36.0 Å². The number of nitrogens with zero attached hydrogens (tertiary/aromatic N) is 1. The van der Waals surface area contributed by atoms with Gasteiger partial charge in [-0.15, -0.1) is 11.6 Å². The van der Waals surface area contributed by atoms with E-state index in [2.05, 4.69) is 0 Å². The average molecular weight is 300 g/mol. The average Bonchev–Trinajstić information content (AvgIpc) is 2.71. The van der Waals surface area contributed by atoms with Gasteiger partial charge >= 0.3 is 0 Å². The van der Waals surface area contributed by atoms with Crippen LogP contribution < -0.4 is 4.74 Å². The lowest BCUT2D eigenvalue weighted by molar-refractivity contribution is 0.0700. The minimum atomic E-state index is -0.518. The predicted molar refractivity (Wildman–Crippen MR) is 77.0 cm³/mol. The van der Waals surface area contributed by atoms with Crippen molar-refractivity contribution in [1.82, 2.24) is 4.90 Å². The molecule has 0 aliphatic carbocycles. The van der Waals surface area contributed by atoms with Gasteiger partial charge in [0.05, 0.1) is 7.11 Å². The fraction of sp³-hybridized carbons (Fsp3) is 0.533. The highest BCUT2D eigenvalue weighted by Gasteiger charge is 2.26. The first-order valence-corrected chi connectivity index (χ1v) is 7.41. The Balaban J connectivity index is 2.22. The molecule has 1 unspecified atom stereocenters. The van der Waals surface area contributed by atoms with E-state index in [9.17, 15) is 9.18 Å². The Hall–Kier alpha value is -1.29. The van der Waals surface area contributed by atoms with Crippen LogP contribution in [0.25, 0.3) is 0 Å². The van der Waals surface area contributed by atoms with Gasteiger partial charge in [0, 0.05) is 24.0 Å². The lowest BCUT2D eigenvalue weighted by Gasteiger charge is -2.28. The summed E-state index contributed by atoms with van der Waals surface area (Å²) in [6.45, 7) is 0.684. The first-order valence-electron chi connectivity index (χ1n) is 6.88. The Bertz CT molecular complexity index is 481. The highest BCUT2D eigenvalue weighted by atomic mass is 35.5. The SMILES string of the molecule is COc1ccc(C(=O)N2CCCCCC2CCl)cc1F. The van der Waals surface area contributed by atoms with Crippen LogP contribution in [0, 0.1) is 5.82 Å². The number of amides is 1. The molecule has 110 valence electrons. The molecule has 1 fully saturated rings. The summed E-state index contributed by atoms with van der Waals surface area (Å²) in [5, 5.41) is 0. The van der Waals surface area contributed by atoms with Crippen LogP contribution in [0.4, 0.5) is 4.39 Å². The van der Waals surface area contributed by atoms with E-state index in [4.69, 9.17) is 16.3 Å². The number of carbonyl (C=O) groups excluding carboxylic acids is 1. The van der Waals surface area contributed by atoms with Crippen molar-refractivity contribution in [3.05, 3.63) is 29.6 Å². The molecular weight excluding hydrogens is 281 g/mol. The molecule has 0 N–H and O–H groups in total. The van der Waals surface area contributed by atoms with E-state index in [1.807, 2.05) is 0 Å². The highest BCUT2D eigenvalue weighted by molar-refractivity contribution is 6.18. The fourth-order valence-electron chi connectivity index (χ4n) is 2.57. The van der Waals surface area contributed by atoms with E-state index < -0.39 is 5.82 Å². The Morgan fingerprint density at radius 2 is 2.25 bits per heavy atom. The molecule has 3 nitrogen and oxygen atoms in total. The van der Waals surface area contributed by atoms with Crippen molar-refractivity contribution >= 4 is 17.5 Å². The molecule has 1 aliphatic rings. The number of methoxy groups -OCH3 is 1. The molecule has 0 saturated carbocycles. The molecule has 0 spiro atoms. The lowest BCUT2D eigenvalue weighted by Crippen LogP contribution is -2.41. The Morgan fingerprint density at radius 3 is 2.90 bits per heavy atom. The molecule has 1 aromatic rings. The molecule has 1 saturated heterocycles. The molecule has 1 atom stereocenters. The van der Waals surface area contributed by atoms with Gasteiger partial charge in [0.25, 0.3) is 5.91 Å². The van der Waals surface area contributed by atoms with Crippen molar-refractivity contribution in [2.24, 2.45) is 0 Å². The van der Waals surface area contributed by atoms with Crippen LogP contribution in [0.2, 0.25) is 0 Å². The zero-order valence-electron chi connectivity index (χ0n) is 11.6. The summed E-state index contributed by atoms with van der Waals surface area (Å²) in [6, 6.07) is 4.35. The summed E-state index contributed by atoms with van der Waals surface area (Å²) in [7, 11) is 1.40. The van der Waals surface area contributed by atoms with Gasteiger partial charge < -0.3 is 9.64 Å². The second kappa shape index (κ2) is 6.93. The summed E-state index contributed by atoms with van der Waals surface area (Å²) in [5.41, 5.74) is 0.348. The second-order valence-corrected chi connectivity index (χ2v) is 5.31. The summed E-state index contributed by atoms with van der Waals surface area (Å²) in [5.74, 6) is -0.106. The molecular formula is C15H19ClFNO2. The quantitative estimate of drug-likeness (QED) is 0.800. The van der Waals surface area contributed by atoms with E-state index >= 15 is 0 Å². The number of rotatable bonds is 3. The maximum atomic E-state index is 13.7. The molecule has 1 aliphatic heterocycles. The molecule has 1 heterocycles. The Kier molecular flexibility index (Phi) is 5.24. The van der Waals surface area contributed by atoms with Crippen LogP contribution in [-0.4, -0.2) is 36.4 Å². The van der Waals surface area contributed by atoms with Gasteiger partial charge in [-0.3, -0.25) is 4.79 Å². The third-order valence-electron chi connectivity index (χ3n) is 3.71. The maximum absolute atomic E-state index is 13.7. The van der Waals surface area contributed by atoms with Crippen LogP contribution in [0.3, 0.4) is 0 Å². The van der Waals surface area contributed by atoms with Crippen molar-refractivity contribution in [3.63, 3.8) is 0 Å². The van der Waals surface area contributed by atoms with Gasteiger partial charge in [-0.25, -0.2) is 4.39 Å². The van der Waals surface area contributed by atoms with E-state index in [1.165, 1.54) is 19.2 Å². The second-order valence-electron chi connectivity index (χ2n) is 5.01. The van der Waals surface area contributed by atoms with Crippen LogP contribution in [-0.2, 0) is 0 Å². The Labute approximate surface area is 123 Å². The fourth-order valence-corrected chi connectivity index (χ4v) is 2.89. The zero-order chi connectivity index (χ0) is 14.5. The monoisotopic (exact) mass is 299 g/mol. The van der Waals surface area contributed by atoms with Crippen molar-refractivity contribution in [1.29, 1.82) is 0 Å². The number of alkyl halides is 1. The van der Waals surface area contributed by atoms with Crippen LogP contribution >= 0.6 is 11.6 Å². The number of carbonyl (C=O) groups is 1. The molecule has 1 aromatic carbocycles. The number of hydrogen-bond acceptors (Lipinski definition) is 2. The third kappa shape index (κ3) is 3.23. The smallest absolute Gasteiger partial charge is 0.254 e. The standard InChI is InChI=1S/C15H19ClFNO2/c1-20-14-7-6-11(9-13(14)17)15(19)18-8-4-2-3-5-12(18)10-16/h6-7,9,12H,2-5,8,10H2,1H3. The van der Waals surface area contributed by atoms with Crippen LogP contribution in [0.5, 0.6) is 5.75 Å². The molecule has 0 bridgehead atoms. The summed E-state index contributed by atoms with van der Waals surface area (Å²) in [6.07, 6.45) is 4.07. The summed E-state index contributed by atoms with van der Waals surface area (Å²) in [4.78, 5) is 14.3. The van der Waals surface area contributed by atoms with Gasteiger partial charge in [0.2, 0.25) is 0 Å². The first kappa shape index (κ1) is 15.1. The highest BCUT2D eigenvalue weighted by Crippen LogP contribution is 2.23. The number of halogens is 2. The topological polar surface area (TPSA) is 29.5 Å². The van der Waals surface area contributed by atoms with E-state index in [0.29, 0.717) is 18.0 Å². The molecule has 1 amide bonds. The molecule has 2 rings (SSSR count). The predicted octanol–water partition coefficient (Wildman–Crippen LogP) is 3.46. The van der Waals surface area contributed by atoms with Crippen LogP contribution in [0.15, 0.2) is 18.2 Å². The zero-order valence-corrected chi connectivity index (χ0v) is 12.3. The number of ether oxygens (including phenoxy) is 1. The summed E-state index contributed by atoms with van der Waals surface area (Å²) < 4.78 is 18.6. The van der Waals surface area contributed by atoms with Gasteiger partial charge in [-0.2, -0.15) is 0 Å². The van der Waals surface area contributed by atoms with Crippen molar-refractivity contribution in [3.8, 4) is 5.75 Å². The molecule has 20 heavy (non-hydrogen) atoms. The number of hydrogen-bond donors (Lipinski definition) is 0. The lowest BCUT2D eigenvalue weighted by atomic mass is 10.1. The van der Waals surface area contributed by atoms with E-state index in [1.54, 1.807) is 11.0 Å². The van der Waals surface area contributed by atoms with Crippen molar-refractivity contribution in [2.45, 2.75) is 31.7 Å². The minimum absolute atomic E-state index is 0.0387. The summed E-state index contributed by atoms with van der Waals surface area (Å²) >= 11 is 5.97. The van der Waals surface area contributed by atoms with Crippen molar-refractivity contribution < 1.29 is 13.9 Å². The Morgan fingerprint density at radius 1 is 1.45 bits per heavy atom. The first-order chi connectivity index (χ1) is 9.67. The maximum Gasteiger partial charge on any atom is 0.254 e. The number of likely N-dealkylation sites (tertiary alicyclic amines) is 1. The van der Waals surface area contributed by atoms with Gasteiger partial charge in [-0.05, 0) is 31.0 Å². The molecule has 0 radical (unpaired) electrons. The normalized spacial score (nSPS) is 19.6. The molecule has 0 aromatic heterocycles. The van der Waals surface area contributed by atoms with E-state index in [-0.39, 0.29) is 17.7 Å². The largest absolute Gasteiger partial charge is 0.494 e. The van der Waals surface area contributed by atoms with E-state index in [0.717, 1.165) is 25.7 Å². The van der Waals surface area contributed by atoms with Crippen molar-refractivity contribution in [2.75, 3.05) is 19.5 Å². The van der Waals surface area contributed by atoms with Gasteiger partial charge in [0.1, 0.15) is 0 Å². The van der Waals surface area contributed by atoms with Gasteiger partial charge in [-0.1, -0.05) is 12.8 Å². The number of benzene rings is 1. The molecule has 5 heteroatoms. The minimum Gasteiger partial charge on any atom is -0.494 e. The van der Waals surface area contributed by atoms with Gasteiger partial charge in [0.15, 0.2) is 11.6 Å².